The van der Waals surface area contributed by atoms with Gasteiger partial charge in [-0.3, -0.25) is 0 Å². The summed E-state index contributed by atoms with van der Waals surface area (Å²) in [5.41, 5.74) is 0. The maximum Gasteiger partial charge on any atom is 0.315 e. The third kappa shape index (κ3) is 3.67. The topological polar surface area (TPSA) is 61.4 Å². The first-order valence-corrected chi connectivity index (χ1v) is 6.22. The van der Waals surface area contributed by atoms with Crippen LogP contribution < -0.4 is 10.6 Å². The predicted molar refractivity (Wildman–Crippen MR) is 64.2 cm³/mol. The highest BCUT2D eigenvalue weighted by Crippen LogP contribution is 2.29. The van der Waals surface area contributed by atoms with Gasteiger partial charge in [-0.1, -0.05) is 26.7 Å². The van der Waals surface area contributed by atoms with E-state index < -0.39 is 0 Å². The number of aliphatic hydroxyl groups excluding tert-OH is 1. The summed E-state index contributed by atoms with van der Waals surface area (Å²) in [6.45, 7) is 6.20. The van der Waals surface area contributed by atoms with Crippen LogP contribution in [0.15, 0.2) is 0 Å². The van der Waals surface area contributed by atoms with Crippen LogP contribution in [-0.2, 0) is 0 Å². The van der Waals surface area contributed by atoms with Crippen LogP contribution in [0.5, 0.6) is 0 Å². The van der Waals surface area contributed by atoms with Gasteiger partial charge >= 0.3 is 6.03 Å². The number of rotatable bonds is 3. The molecule has 0 aromatic rings. The summed E-state index contributed by atoms with van der Waals surface area (Å²) in [4.78, 5) is 11.6. The lowest BCUT2D eigenvalue weighted by Crippen LogP contribution is -2.50. The zero-order valence-corrected chi connectivity index (χ0v) is 10.5. The van der Waals surface area contributed by atoms with Gasteiger partial charge in [0.1, 0.15) is 0 Å². The standard InChI is InChI=1S/C12H24N2O2/c1-8-5-4-6-11(10(8)3)14-12(16)13-9(2)7-15/h8-11,15H,4-7H2,1-3H3,(H2,13,14,16). The van der Waals surface area contributed by atoms with E-state index in [1.165, 1.54) is 12.8 Å². The van der Waals surface area contributed by atoms with E-state index >= 15 is 0 Å². The van der Waals surface area contributed by atoms with Gasteiger partial charge in [-0.05, 0) is 25.2 Å². The van der Waals surface area contributed by atoms with Gasteiger partial charge < -0.3 is 15.7 Å². The van der Waals surface area contributed by atoms with Crippen molar-refractivity contribution in [3.8, 4) is 0 Å². The third-order valence-corrected chi connectivity index (χ3v) is 3.67. The van der Waals surface area contributed by atoms with E-state index in [0.29, 0.717) is 11.8 Å². The van der Waals surface area contributed by atoms with Gasteiger partial charge in [-0.2, -0.15) is 0 Å². The van der Waals surface area contributed by atoms with Gasteiger partial charge in [0.15, 0.2) is 0 Å². The number of amides is 2. The Kier molecular flexibility index (Phi) is 5.06. The minimum Gasteiger partial charge on any atom is -0.394 e. The Labute approximate surface area is 97.8 Å². The lowest BCUT2D eigenvalue weighted by molar-refractivity contribution is 0.188. The van der Waals surface area contributed by atoms with Crippen molar-refractivity contribution in [2.45, 2.75) is 52.1 Å². The quantitative estimate of drug-likeness (QED) is 0.685. The van der Waals surface area contributed by atoms with Crippen molar-refractivity contribution in [1.29, 1.82) is 0 Å². The average Bonchev–Trinajstić information content (AvgIpc) is 2.24. The number of hydrogen-bond acceptors (Lipinski definition) is 2. The maximum atomic E-state index is 11.6. The van der Waals surface area contributed by atoms with Crippen molar-refractivity contribution in [3.63, 3.8) is 0 Å². The van der Waals surface area contributed by atoms with E-state index in [4.69, 9.17) is 5.11 Å². The van der Waals surface area contributed by atoms with Crippen LogP contribution in [0.4, 0.5) is 4.79 Å². The molecule has 1 aliphatic carbocycles. The number of nitrogens with one attached hydrogen (secondary N) is 2. The molecule has 0 bridgehead atoms. The van der Waals surface area contributed by atoms with Gasteiger partial charge in [0, 0.05) is 6.04 Å². The van der Waals surface area contributed by atoms with E-state index in [1.807, 2.05) is 0 Å². The third-order valence-electron chi connectivity index (χ3n) is 3.67. The molecular weight excluding hydrogens is 204 g/mol. The van der Waals surface area contributed by atoms with Crippen molar-refractivity contribution in [2.24, 2.45) is 11.8 Å². The number of carbonyl (C=O) groups excluding carboxylic acids is 1. The second-order valence-corrected chi connectivity index (χ2v) is 5.08. The fourth-order valence-electron chi connectivity index (χ4n) is 2.27. The Balaban J connectivity index is 2.38. The van der Waals surface area contributed by atoms with Crippen LogP contribution in [-0.4, -0.2) is 29.8 Å². The van der Waals surface area contributed by atoms with E-state index in [9.17, 15) is 4.79 Å². The van der Waals surface area contributed by atoms with Crippen LogP contribution in [0, 0.1) is 11.8 Å². The van der Waals surface area contributed by atoms with E-state index in [-0.39, 0.29) is 24.7 Å². The second-order valence-electron chi connectivity index (χ2n) is 5.08. The van der Waals surface area contributed by atoms with Crippen LogP contribution in [0.25, 0.3) is 0 Å². The highest BCUT2D eigenvalue weighted by atomic mass is 16.3. The Hall–Kier alpha value is -0.770. The Bertz CT molecular complexity index is 233. The SMILES string of the molecule is CC(CO)NC(=O)NC1CCCC(C)C1C. The van der Waals surface area contributed by atoms with E-state index in [0.717, 1.165) is 6.42 Å². The van der Waals surface area contributed by atoms with E-state index in [1.54, 1.807) is 6.92 Å². The number of hydrogen-bond donors (Lipinski definition) is 3. The summed E-state index contributed by atoms with van der Waals surface area (Å²) >= 11 is 0. The molecule has 4 nitrogen and oxygen atoms in total. The molecule has 16 heavy (non-hydrogen) atoms. The largest absolute Gasteiger partial charge is 0.394 e. The van der Waals surface area contributed by atoms with Gasteiger partial charge in [-0.25, -0.2) is 4.79 Å². The number of urea groups is 1. The number of carbonyl (C=O) groups is 1. The fourth-order valence-corrected chi connectivity index (χ4v) is 2.27. The maximum absolute atomic E-state index is 11.6. The normalized spacial score (nSPS) is 31.9. The summed E-state index contributed by atoms with van der Waals surface area (Å²) in [6.07, 6.45) is 3.51. The molecule has 4 heteroatoms. The van der Waals surface area contributed by atoms with Crippen molar-refractivity contribution < 1.29 is 9.90 Å². The highest BCUT2D eigenvalue weighted by molar-refractivity contribution is 5.74. The summed E-state index contributed by atoms with van der Waals surface area (Å²) in [7, 11) is 0. The molecule has 0 aromatic heterocycles. The molecule has 1 aliphatic rings. The Morgan fingerprint density at radius 2 is 2.12 bits per heavy atom. The fraction of sp³-hybridized carbons (Fsp3) is 0.917. The van der Waals surface area contributed by atoms with Gasteiger partial charge in [0.25, 0.3) is 0 Å². The minimum atomic E-state index is -0.184. The van der Waals surface area contributed by atoms with Gasteiger partial charge in [0.2, 0.25) is 0 Å². The van der Waals surface area contributed by atoms with Crippen molar-refractivity contribution >= 4 is 6.03 Å². The van der Waals surface area contributed by atoms with Crippen LogP contribution in [0.1, 0.15) is 40.0 Å². The molecule has 0 saturated heterocycles. The van der Waals surface area contributed by atoms with Crippen LogP contribution in [0.3, 0.4) is 0 Å². The molecule has 0 heterocycles. The molecule has 4 unspecified atom stereocenters. The molecule has 1 fully saturated rings. The molecule has 0 aromatic carbocycles. The monoisotopic (exact) mass is 228 g/mol. The van der Waals surface area contributed by atoms with Crippen molar-refractivity contribution in [1.82, 2.24) is 10.6 Å². The molecule has 1 saturated carbocycles. The molecule has 2 amide bonds. The summed E-state index contributed by atoms with van der Waals surface area (Å²) in [5.74, 6) is 1.21. The summed E-state index contributed by atoms with van der Waals surface area (Å²) in [6, 6.07) is -0.0709. The molecule has 0 radical (unpaired) electrons. The summed E-state index contributed by atoms with van der Waals surface area (Å²) < 4.78 is 0. The van der Waals surface area contributed by atoms with Crippen LogP contribution in [0.2, 0.25) is 0 Å². The average molecular weight is 228 g/mol. The first kappa shape index (κ1) is 13.3. The zero-order chi connectivity index (χ0) is 12.1. The summed E-state index contributed by atoms with van der Waals surface area (Å²) in [5, 5.41) is 14.6. The Morgan fingerprint density at radius 3 is 2.75 bits per heavy atom. The smallest absolute Gasteiger partial charge is 0.315 e. The molecular formula is C12H24N2O2. The molecule has 0 spiro atoms. The second kappa shape index (κ2) is 6.09. The molecule has 3 N–H and O–H groups in total. The molecule has 0 aliphatic heterocycles. The van der Waals surface area contributed by atoms with E-state index in [2.05, 4.69) is 24.5 Å². The predicted octanol–water partition coefficient (Wildman–Crippen LogP) is 1.49. The van der Waals surface area contributed by atoms with Gasteiger partial charge in [0.05, 0.1) is 12.6 Å². The Morgan fingerprint density at radius 1 is 1.44 bits per heavy atom. The molecule has 4 atom stereocenters. The highest BCUT2D eigenvalue weighted by Gasteiger charge is 2.28. The first-order valence-electron chi connectivity index (χ1n) is 6.22. The van der Waals surface area contributed by atoms with Gasteiger partial charge in [-0.15, -0.1) is 0 Å². The molecule has 1 rings (SSSR count). The lowest BCUT2D eigenvalue weighted by Gasteiger charge is -2.34. The van der Waals surface area contributed by atoms with Crippen molar-refractivity contribution in [2.75, 3.05) is 6.61 Å². The lowest BCUT2D eigenvalue weighted by atomic mass is 9.78. The zero-order valence-electron chi connectivity index (χ0n) is 10.5. The first-order chi connectivity index (χ1) is 7.54. The molecule has 94 valence electrons. The van der Waals surface area contributed by atoms with Crippen molar-refractivity contribution in [3.05, 3.63) is 0 Å². The minimum absolute atomic E-state index is 0.0238. The number of aliphatic hydroxyl groups is 1. The van der Waals surface area contributed by atoms with Crippen LogP contribution >= 0.6 is 0 Å².